The zero-order valence-corrected chi connectivity index (χ0v) is 11.9. The van der Waals surface area contributed by atoms with Crippen molar-refractivity contribution in [1.29, 1.82) is 0 Å². The molecule has 0 aromatic carbocycles. The third kappa shape index (κ3) is 3.53. The van der Waals surface area contributed by atoms with Gasteiger partial charge in [-0.15, -0.1) is 0 Å². The van der Waals surface area contributed by atoms with Crippen molar-refractivity contribution in [3.8, 4) is 0 Å². The minimum atomic E-state index is -1.71. The lowest BCUT2D eigenvalue weighted by Gasteiger charge is -2.41. The number of carbonyl (C=O) groups excluding carboxylic acids is 2. The summed E-state index contributed by atoms with van der Waals surface area (Å²) in [5.74, 6) is -0.928. The van der Waals surface area contributed by atoms with E-state index < -0.39 is 22.4 Å². The van der Waals surface area contributed by atoms with Crippen molar-refractivity contribution in [2.75, 3.05) is 7.11 Å². The first-order chi connectivity index (χ1) is 7.36. The minimum absolute atomic E-state index is 0.316. The van der Waals surface area contributed by atoms with Crippen LogP contribution in [0.25, 0.3) is 0 Å². The minimum Gasteiger partial charge on any atom is -0.469 e. The van der Waals surface area contributed by atoms with Gasteiger partial charge in [0.2, 0.25) is 0 Å². The molecule has 0 aliphatic carbocycles. The molecule has 0 radical (unpaired) electrons. The van der Waals surface area contributed by atoms with E-state index in [9.17, 15) is 14.7 Å². The van der Waals surface area contributed by atoms with Crippen LogP contribution in [0.15, 0.2) is 0 Å². The van der Waals surface area contributed by atoms with Crippen LogP contribution in [-0.4, -0.2) is 29.6 Å². The fourth-order valence-electron chi connectivity index (χ4n) is 1.59. The summed E-state index contributed by atoms with van der Waals surface area (Å²) >= 11 is 0. The lowest BCUT2D eigenvalue weighted by atomic mass is 9.66. The first-order valence-electron chi connectivity index (χ1n) is 5.70. The van der Waals surface area contributed by atoms with Gasteiger partial charge in [0.1, 0.15) is 5.60 Å². The van der Waals surface area contributed by atoms with Gasteiger partial charge in [0.25, 0.3) is 0 Å². The Morgan fingerprint density at radius 1 is 1.06 bits per heavy atom. The fraction of sp³-hybridized carbons (Fsp3) is 0.846. The third-order valence-corrected chi connectivity index (χ3v) is 2.93. The largest absolute Gasteiger partial charge is 0.469 e. The Labute approximate surface area is 103 Å². The van der Waals surface area contributed by atoms with Gasteiger partial charge in [0, 0.05) is 5.41 Å². The molecule has 0 aliphatic heterocycles. The van der Waals surface area contributed by atoms with Crippen LogP contribution in [0, 0.1) is 10.8 Å². The van der Waals surface area contributed by atoms with Crippen molar-refractivity contribution in [2.45, 2.75) is 53.6 Å². The van der Waals surface area contributed by atoms with E-state index in [1.54, 1.807) is 41.5 Å². The monoisotopic (exact) mass is 244 g/mol. The molecule has 4 nitrogen and oxygen atoms in total. The Balaban J connectivity index is 5.42. The molecule has 1 N–H and O–H groups in total. The van der Waals surface area contributed by atoms with Crippen molar-refractivity contribution < 1.29 is 19.4 Å². The third-order valence-electron chi connectivity index (χ3n) is 2.93. The van der Waals surface area contributed by atoms with Crippen molar-refractivity contribution in [3.63, 3.8) is 0 Å². The average molecular weight is 244 g/mol. The zero-order valence-electron chi connectivity index (χ0n) is 11.9. The van der Waals surface area contributed by atoms with E-state index in [4.69, 9.17) is 0 Å². The number of ether oxygens (including phenoxy) is 1. The molecule has 0 spiro atoms. The summed E-state index contributed by atoms with van der Waals surface area (Å²) in [4.78, 5) is 23.7. The van der Waals surface area contributed by atoms with Gasteiger partial charge in [0.15, 0.2) is 5.78 Å². The second-order valence-corrected chi connectivity index (χ2v) is 6.44. The molecule has 0 saturated carbocycles. The first kappa shape index (κ1) is 16.1. The Kier molecular flexibility index (Phi) is 4.51. The van der Waals surface area contributed by atoms with Gasteiger partial charge in [-0.1, -0.05) is 41.5 Å². The topological polar surface area (TPSA) is 63.6 Å². The number of ketones is 1. The molecule has 0 saturated heterocycles. The van der Waals surface area contributed by atoms with Crippen LogP contribution < -0.4 is 0 Å². The lowest BCUT2D eigenvalue weighted by Crippen LogP contribution is -2.55. The SMILES string of the molecule is COC(=O)C[C@@](O)(C(=O)C(C)(C)C)C(C)(C)C. The number of hydrogen-bond acceptors (Lipinski definition) is 4. The van der Waals surface area contributed by atoms with Crippen molar-refractivity contribution in [2.24, 2.45) is 10.8 Å². The summed E-state index contributed by atoms with van der Waals surface area (Å²) in [5, 5.41) is 10.6. The van der Waals surface area contributed by atoms with Crippen LogP contribution in [0.4, 0.5) is 0 Å². The van der Waals surface area contributed by atoms with Crippen LogP contribution in [0.3, 0.4) is 0 Å². The Morgan fingerprint density at radius 3 is 1.71 bits per heavy atom. The molecular weight excluding hydrogens is 220 g/mol. The second kappa shape index (κ2) is 4.77. The first-order valence-corrected chi connectivity index (χ1v) is 5.70. The number of esters is 1. The van der Waals surface area contributed by atoms with Gasteiger partial charge in [-0.3, -0.25) is 9.59 Å². The maximum Gasteiger partial charge on any atom is 0.308 e. The van der Waals surface area contributed by atoms with Gasteiger partial charge in [0.05, 0.1) is 13.5 Å². The summed E-state index contributed by atoms with van der Waals surface area (Å²) < 4.78 is 4.55. The van der Waals surface area contributed by atoms with Gasteiger partial charge >= 0.3 is 5.97 Å². The molecule has 0 unspecified atom stereocenters. The van der Waals surface area contributed by atoms with Gasteiger partial charge in [-0.25, -0.2) is 0 Å². The smallest absolute Gasteiger partial charge is 0.308 e. The van der Waals surface area contributed by atoms with Crippen molar-refractivity contribution in [1.82, 2.24) is 0 Å². The molecule has 0 aromatic rings. The normalized spacial score (nSPS) is 16.2. The molecule has 1 atom stereocenters. The van der Waals surface area contributed by atoms with Crippen LogP contribution in [0.2, 0.25) is 0 Å². The average Bonchev–Trinajstić information content (AvgIpc) is 2.12. The highest BCUT2D eigenvalue weighted by atomic mass is 16.5. The number of aliphatic hydroxyl groups is 1. The molecular formula is C13H24O4. The summed E-state index contributed by atoms with van der Waals surface area (Å²) in [6, 6.07) is 0. The van der Waals surface area contributed by atoms with Crippen LogP contribution in [-0.2, 0) is 14.3 Å². The Hall–Kier alpha value is -0.900. The lowest BCUT2D eigenvalue weighted by molar-refractivity contribution is -0.169. The van der Waals surface area contributed by atoms with E-state index in [0.717, 1.165) is 0 Å². The van der Waals surface area contributed by atoms with E-state index in [2.05, 4.69) is 4.74 Å². The summed E-state index contributed by atoms with van der Waals surface area (Å²) in [6.45, 7) is 10.4. The molecule has 4 heteroatoms. The molecule has 0 heterocycles. The molecule has 17 heavy (non-hydrogen) atoms. The summed E-state index contributed by atoms with van der Waals surface area (Å²) in [6.07, 6.45) is -0.316. The molecule has 0 aliphatic rings. The number of rotatable bonds is 3. The van der Waals surface area contributed by atoms with Crippen LogP contribution >= 0.6 is 0 Å². The van der Waals surface area contributed by atoms with Gasteiger partial charge in [-0.05, 0) is 5.41 Å². The van der Waals surface area contributed by atoms with Gasteiger partial charge in [-0.2, -0.15) is 0 Å². The molecule has 0 amide bonds. The highest BCUT2D eigenvalue weighted by molar-refractivity contribution is 5.95. The van der Waals surface area contributed by atoms with Crippen molar-refractivity contribution >= 4 is 11.8 Å². The maximum absolute atomic E-state index is 12.3. The summed E-state index contributed by atoms with van der Waals surface area (Å²) in [7, 11) is 1.24. The van der Waals surface area contributed by atoms with Crippen LogP contribution in [0.1, 0.15) is 48.0 Å². The number of Topliss-reactive ketones (excluding diaryl/α,β-unsaturated/α-hetero) is 1. The summed E-state index contributed by atoms with van der Waals surface area (Å²) in [5.41, 5.74) is -3.15. The Bertz CT molecular complexity index is 306. The second-order valence-electron chi connectivity index (χ2n) is 6.44. The molecule has 0 bridgehead atoms. The zero-order chi connectivity index (χ0) is 14.1. The molecule has 100 valence electrons. The van der Waals surface area contributed by atoms with E-state index in [-0.39, 0.29) is 12.2 Å². The predicted molar refractivity (Wildman–Crippen MR) is 65.5 cm³/mol. The van der Waals surface area contributed by atoms with E-state index in [1.807, 2.05) is 0 Å². The highest BCUT2D eigenvalue weighted by Crippen LogP contribution is 2.39. The molecule has 0 fully saturated rings. The van der Waals surface area contributed by atoms with E-state index >= 15 is 0 Å². The van der Waals surface area contributed by atoms with E-state index in [0.29, 0.717) is 0 Å². The predicted octanol–water partition coefficient (Wildman–Crippen LogP) is 1.94. The standard InChI is InChI=1S/C13H24O4/c1-11(2,3)10(15)13(16,12(4,5)6)8-9(14)17-7/h16H,8H2,1-7H3/t13-/m1/s1. The van der Waals surface area contributed by atoms with E-state index in [1.165, 1.54) is 7.11 Å². The highest BCUT2D eigenvalue weighted by Gasteiger charge is 2.51. The number of methoxy groups -OCH3 is 1. The quantitative estimate of drug-likeness (QED) is 0.771. The van der Waals surface area contributed by atoms with Crippen molar-refractivity contribution in [3.05, 3.63) is 0 Å². The number of carbonyl (C=O) groups is 2. The molecule has 0 aromatic heterocycles. The molecule has 0 rings (SSSR count). The fourth-order valence-corrected chi connectivity index (χ4v) is 1.59. The van der Waals surface area contributed by atoms with Gasteiger partial charge < -0.3 is 9.84 Å². The maximum atomic E-state index is 12.3. The van der Waals surface area contributed by atoms with Crippen LogP contribution in [0.5, 0.6) is 0 Å². The number of hydrogen-bond donors (Lipinski definition) is 1. The Morgan fingerprint density at radius 2 is 1.47 bits per heavy atom.